The Hall–Kier alpha value is -2.66. The van der Waals surface area contributed by atoms with Crippen molar-refractivity contribution in [1.29, 1.82) is 0 Å². The lowest BCUT2D eigenvalue weighted by atomic mass is 9.81. The number of nitrogens with zero attached hydrogens (tertiary/aromatic N) is 1. The van der Waals surface area contributed by atoms with Crippen LogP contribution in [0.4, 0.5) is 0 Å². The highest BCUT2D eigenvalue weighted by Gasteiger charge is 2.49. The Bertz CT molecular complexity index is 824. The van der Waals surface area contributed by atoms with Gasteiger partial charge in [0.1, 0.15) is 0 Å². The molecule has 2 aliphatic rings. The first-order chi connectivity index (χ1) is 13.1. The van der Waals surface area contributed by atoms with E-state index in [4.69, 9.17) is 5.73 Å². The molecular weight excluding hydrogens is 338 g/mol. The number of primary amides is 1. The molecule has 2 aromatic carbocycles. The van der Waals surface area contributed by atoms with E-state index in [1.165, 1.54) is 0 Å². The summed E-state index contributed by atoms with van der Waals surface area (Å²) in [6.07, 6.45) is 1.82. The first-order valence-electron chi connectivity index (χ1n) is 9.63. The van der Waals surface area contributed by atoms with Gasteiger partial charge in [0.15, 0.2) is 0 Å². The van der Waals surface area contributed by atoms with Gasteiger partial charge in [-0.2, -0.15) is 0 Å². The summed E-state index contributed by atoms with van der Waals surface area (Å²) in [6, 6.07) is 15.2. The van der Waals surface area contributed by atoms with Crippen molar-refractivity contribution in [3.63, 3.8) is 0 Å². The van der Waals surface area contributed by atoms with Gasteiger partial charge in [-0.05, 0) is 55.3 Å². The zero-order valence-corrected chi connectivity index (χ0v) is 16.0. The third-order valence-corrected chi connectivity index (χ3v) is 5.43. The molecule has 4 rings (SSSR count). The number of hydrogen-bond acceptors (Lipinski definition) is 3. The van der Waals surface area contributed by atoms with E-state index >= 15 is 0 Å². The highest BCUT2D eigenvalue weighted by atomic mass is 16.2. The Morgan fingerprint density at radius 3 is 2.33 bits per heavy atom. The molecule has 2 aromatic rings. The van der Waals surface area contributed by atoms with Crippen molar-refractivity contribution >= 4 is 11.8 Å². The van der Waals surface area contributed by atoms with Crippen LogP contribution in [-0.2, 0) is 12.1 Å². The number of carbonyl (C=O) groups excluding carboxylic acids is 2. The lowest BCUT2D eigenvalue weighted by molar-refractivity contribution is 0.0413. The second kappa shape index (κ2) is 7.92. The van der Waals surface area contributed by atoms with E-state index < -0.39 is 5.91 Å². The molecule has 1 saturated heterocycles. The summed E-state index contributed by atoms with van der Waals surface area (Å²) in [7, 11) is 0. The van der Waals surface area contributed by atoms with Crippen molar-refractivity contribution < 1.29 is 9.59 Å². The maximum atomic E-state index is 13.1. The van der Waals surface area contributed by atoms with Crippen LogP contribution in [0, 0.1) is 0 Å². The normalized spacial score (nSPS) is 17.3. The van der Waals surface area contributed by atoms with Crippen LogP contribution in [-0.4, -0.2) is 29.8 Å². The molecule has 5 heteroatoms. The summed E-state index contributed by atoms with van der Waals surface area (Å²) in [6.45, 7) is 6.34. The zero-order chi connectivity index (χ0) is 19.4. The van der Waals surface area contributed by atoms with Gasteiger partial charge in [-0.15, -0.1) is 0 Å². The highest BCUT2D eigenvalue weighted by molar-refractivity contribution is 6.00. The molecular formula is C22H27N3O2. The van der Waals surface area contributed by atoms with E-state index in [1.54, 1.807) is 12.1 Å². The summed E-state index contributed by atoms with van der Waals surface area (Å²) in [5.41, 5.74) is 8.53. The number of fused-ring (bicyclic) bond motifs is 2. The molecule has 0 unspecified atom stereocenters. The van der Waals surface area contributed by atoms with Gasteiger partial charge in [0.25, 0.3) is 5.91 Å². The molecule has 0 atom stereocenters. The molecule has 2 aliphatic heterocycles. The van der Waals surface area contributed by atoms with Crippen molar-refractivity contribution in [3.05, 3.63) is 70.8 Å². The third kappa shape index (κ3) is 3.35. The van der Waals surface area contributed by atoms with Crippen LogP contribution < -0.4 is 11.1 Å². The Kier molecular flexibility index (Phi) is 5.61. The standard InChI is InChI=1S/C20H21N3O2.C2H6/c21-18(24)15-7-5-14(6-8-15)13-23-19(25)16-3-1-2-4-17(16)20(23)9-11-22-12-10-20;1-2/h1-8,22H,9-13H2,(H2,21,24);1-2H3. The van der Waals surface area contributed by atoms with Gasteiger partial charge in [-0.1, -0.05) is 44.2 Å². The SMILES string of the molecule is CC.NC(=O)c1ccc(CN2C(=O)c3ccccc3C23CCNCC3)cc1. The van der Waals surface area contributed by atoms with Crippen LogP contribution in [0.15, 0.2) is 48.5 Å². The smallest absolute Gasteiger partial charge is 0.255 e. The fourth-order valence-electron chi connectivity index (χ4n) is 4.12. The molecule has 0 aliphatic carbocycles. The van der Waals surface area contributed by atoms with E-state index in [0.717, 1.165) is 42.6 Å². The number of hydrogen-bond donors (Lipinski definition) is 2. The molecule has 0 saturated carbocycles. The van der Waals surface area contributed by atoms with E-state index in [-0.39, 0.29) is 11.4 Å². The molecule has 0 bridgehead atoms. The van der Waals surface area contributed by atoms with Crippen molar-refractivity contribution in [2.24, 2.45) is 5.73 Å². The van der Waals surface area contributed by atoms with Gasteiger partial charge < -0.3 is 16.0 Å². The molecule has 0 aromatic heterocycles. The fraction of sp³-hybridized carbons (Fsp3) is 0.364. The predicted octanol–water partition coefficient (Wildman–Crippen LogP) is 3.05. The maximum absolute atomic E-state index is 13.1. The average molecular weight is 365 g/mol. The van der Waals surface area contributed by atoms with E-state index in [1.807, 2.05) is 49.1 Å². The number of amides is 2. The van der Waals surface area contributed by atoms with Crippen LogP contribution in [0.1, 0.15) is 58.5 Å². The van der Waals surface area contributed by atoms with Crippen molar-refractivity contribution in [2.45, 2.75) is 38.8 Å². The first kappa shape index (κ1) is 19.1. The third-order valence-electron chi connectivity index (χ3n) is 5.43. The minimum absolute atomic E-state index is 0.0940. The number of nitrogens with one attached hydrogen (secondary N) is 1. The van der Waals surface area contributed by atoms with Crippen LogP contribution >= 0.6 is 0 Å². The monoisotopic (exact) mass is 365 g/mol. The lowest BCUT2D eigenvalue weighted by Gasteiger charge is -2.42. The number of piperidine rings is 1. The second-order valence-electron chi connectivity index (χ2n) is 6.78. The van der Waals surface area contributed by atoms with Gasteiger partial charge in [-0.25, -0.2) is 0 Å². The fourth-order valence-corrected chi connectivity index (χ4v) is 4.12. The summed E-state index contributed by atoms with van der Waals surface area (Å²) in [5, 5.41) is 3.40. The van der Waals surface area contributed by atoms with E-state index in [0.29, 0.717) is 12.1 Å². The molecule has 0 radical (unpaired) electrons. The zero-order valence-electron chi connectivity index (χ0n) is 16.0. The van der Waals surface area contributed by atoms with E-state index in [9.17, 15) is 9.59 Å². The number of nitrogens with two attached hydrogens (primary N) is 1. The van der Waals surface area contributed by atoms with Crippen LogP contribution in [0.25, 0.3) is 0 Å². The van der Waals surface area contributed by atoms with Gasteiger partial charge in [-0.3, -0.25) is 9.59 Å². The second-order valence-corrected chi connectivity index (χ2v) is 6.78. The number of benzene rings is 2. The van der Waals surface area contributed by atoms with Crippen LogP contribution in [0.3, 0.4) is 0 Å². The Morgan fingerprint density at radius 1 is 1.07 bits per heavy atom. The molecule has 1 spiro atoms. The molecule has 3 N–H and O–H groups in total. The van der Waals surface area contributed by atoms with Crippen molar-refractivity contribution in [2.75, 3.05) is 13.1 Å². The molecule has 5 nitrogen and oxygen atoms in total. The van der Waals surface area contributed by atoms with Crippen molar-refractivity contribution in [1.82, 2.24) is 10.2 Å². The Balaban J connectivity index is 0.00000102. The van der Waals surface area contributed by atoms with Gasteiger partial charge in [0, 0.05) is 17.7 Å². The first-order valence-corrected chi connectivity index (χ1v) is 9.63. The van der Waals surface area contributed by atoms with Crippen molar-refractivity contribution in [3.8, 4) is 0 Å². The molecule has 27 heavy (non-hydrogen) atoms. The Labute approximate surface area is 160 Å². The van der Waals surface area contributed by atoms with Gasteiger partial charge in [0.05, 0.1) is 5.54 Å². The predicted molar refractivity (Wildman–Crippen MR) is 106 cm³/mol. The lowest BCUT2D eigenvalue weighted by Crippen LogP contribution is -2.49. The van der Waals surface area contributed by atoms with Crippen LogP contribution in [0.5, 0.6) is 0 Å². The summed E-state index contributed by atoms with van der Waals surface area (Å²) in [4.78, 5) is 26.3. The summed E-state index contributed by atoms with van der Waals surface area (Å²) < 4.78 is 0. The molecule has 2 heterocycles. The topological polar surface area (TPSA) is 75.4 Å². The molecule has 142 valence electrons. The Morgan fingerprint density at radius 2 is 1.70 bits per heavy atom. The highest BCUT2D eigenvalue weighted by Crippen LogP contribution is 2.45. The maximum Gasteiger partial charge on any atom is 0.255 e. The van der Waals surface area contributed by atoms with E-state index in [2.05, 4.69) is 11.4 Å². The van der Waals surface area contributed by atoms with Gasteiger partial charge in [0.2, 0.25) is 5.91 Å². The summed E-state index contributed by atoms with van der Waals surface area (Å²) in [5.74, 6) is -0.345. The largest absolute Gasteiger partial charge is 0.366 e. The quantitative estimate of drug-likeness (QED) is 0.878. The minimum Gasteiger partial charge on any atom is -0.366 e. The minimum atomic E-state index is -0.439. The number of rotatable bonds is 3. The summed E-state index contributed by atoms with van der Waals surface area (Å²) >= 11 is 0. The number of carbonyl (C=O) groups is 2. The van der Waals surface area contributed by atoms with Gasteiger partial charge >= 0.3 is 0 Å². The molecule has 1 fully saturated rings. The molecule has 2 amide bonds. The average Bonchev–Trinajstić information content (AvgIpc) is 2.94. The van der Waals surface area contributed by atoms with Crippen LogP contribution in [0.2, 0.25) is 0 Å².